The first-order chi connectivity index (χ1) is 27.1. The summed E-state index contributed by atoms with van der Waals surface area (Å²) >= 11 is 3.65. The molecule has 4 heterocycles. The molecule has 0 amide bonds. The first kappa shape index (κ1) is 31.6. The third-order valence-electron chi connectivity index (χ3n) is 11.6. The molecule has 260 valence electrons. The van der Waals surface area contributed by atoms with Gasteiger partial charge in [-0.2, -0.15) is 0 Å². The maximum absolute atomic E-state index is 16.4. The van der Waals surface area contributed by atoms with Gasteiger partial charge >= 0.3 is 0 Å². The number of anilines is 3. The van der Waals surface area contributed by atoms with Crippen LogP contribution >= 0.6 is 30.7 Å². The summed E-state index contributed by atoms with van der Waals surface area (Å²) in [5.74, 6) is 0. The van der Waals surface area contributed by atoms with Gasteiger partial charge in [0.15, 0.2) is 7.14 Å². The summed E-state index contributed by atoms with van der Waals surface area (Å²) in [6, 6.07) is 64.4. The molecule has 2 atom stereocenters. The molecule has 1 aromatic heterocycles. The predicted octanol–water partition coefficient (Wildman–Crippen LogP) is 12.3. The molecule has 3 nitrogen and oxygen atoms in total. The molecule has 12 rings (SSSR count). The quantitative estimate of drug-likeness (QED) is 0.164. The minimum atomic E-state index is -3.39. The fourth-order valence-electron chi connectivity index (χ4n) is 9.31. The average molecular weight is 760 g/mol. The van der Waals surface area contributed by atoms with E-state index in [4.69, 9.17) is 4.42 Å². The summed E-state index contributed by atoms with van der Waals surface area (Å²) in [6.07, 6.45) is 0. The van der Waals surface area contributed by atoms with E-state index >= 15 is 4.57 Å². The number of nitrogens with zero attached hydrogens (tertiary/aromatic N) is 1. The standard InChI is InChI=1S/C49H30NO2PS2/c51-53(32-14-2-1-3-15-32)43-22-10-5-17-35(43)49(38-29-34-33-16-4-9-21-41(33)52-42(34)30-44(38)53)36-18-6-11-23-45(36)54-48-28-31(26-27-37(48)49)50-39-19-7-12-24-46(39)55-47-25-13-8-20-40(47)50/h1-30H. The minimum Gasteiger partial charge on any atom is -0.456 e. The van der Waals surface area contributed by atoms with Gasteiger partial charge in [-0.1, -0.05) is 145 Å². The van der Waals surface area contributed by atoms with Gasteiger partial charge in [-0.25, -0.2) is 0 Å². The summed E-state index contributed by atoms with van der Waals surface area (Å²) in [7, 11) is -3.39. The molecule has 0 aliphatic carbocycles. The van der Waals surface area contributed by atoms with Crippen LogP contribution in [0.15, 0.2) is 206 Å². The molecule has 8 aromatic carbocycles. The Bertz CT molecular complexity index is 3070. The van der Waals surface area contributed by atoms with Gasteiger partial charge in [-0.15, -0.1) is 0 Å². The van der Waals surface area contributed by atoms with Gasteiger partial charge in [0, 0.05) is 52.0 Å². The number of furan rings is 1. The molecule has 6 heteroatoms. The van der Waals surface area contributed by atoms with Crippen LogP contribution in [0.25, 0.3) is 21.9 Å². The number of rotatable bonds is 2. The van der Waals surface area contributed by atoms with Gasteiger partial charge in [0.1, 0.15) is 11.2 Å². The Morgan fingerprint density at radius 3 is 1.87 bits per heavy atom. The highest BCUT2D eigenvalue weighted by atomic mass is 32.2. The van der Waals surface area contributed by atoms with E-state index in [-0.39, 0.29) is 0 Å². The van der Waals surface area contributed by atoms with Crippen molar-refractivity contribution in [3.05, 3.63) is 204 Å². The molecule has 1 spiro atoms. The summed E-state index contributed by atoms with van der Waals surface area (Å²) in [4.78, 5) is 7.24. The third kappa shape index (κ3) is 4.24. The van der Waals surface area contributed by atoms with Gasteiger partial charge in [-0.05, 0) is 82.9 Å². The van der Waals surface area contributed by atoms with E-state index in [1.54, 1.807) is 0 Å². The topological polar surface area (TPSA) is 33.5 Å². The number of hydrogen-bond donors (Lipinski definition) is 0. The van der Waals surface area contributed by atoms with Crippen LogP contribution in [0.2, 0.25) is 0 Å². The van der Waals surface area contributed by atoms with E-state index in [0.29, 0.717) is 0 Å². The van der Waals surface area contributed by atoms with E-state index in [0.717, 1.165) is 54.7 Å². The van der Waals surface area contributed by atoms with Crippen LogP contribution in [0.4, 0.5) is 17.1 Å². The summed E-state index contributed by atoms with van der Waals surface area (Å²) in [5, 5.41) is 4.61. The highest BCUT2D eigenvalue weighted by Crippen LogP contribution is 2.63. The summed E-state index contributed by atoms with van der Waals surface area (Å²) < 4.78 is 23.0. The second-order valence-electron chi connectivity index (χ2n) is 14.3. The Balaban J connectivity index is 1.21. The van der Waals surface area contributed by atoms with Gasteiger partial charge in [0.2, 0.25) is 0 Å². The molecule has 0 bridgehead atoms. The maximum Gasteiger partial charge on any atom is 0.171 e. The second-order valence-corrected chi connectivity index (χ2v) is 19.2. The molecule has 0 N–H and O–H groups in total. The van der Waals surface area contributed by atoms with Crippen LogP contribution in [0, 0.1) is 0 Å². The number of para-hydroxylation sites is 3. The van der Waals surface area contributed by atoms with E-state index in [1.807, 2.05) is 72.1 Å². The van der Waals surface area contributed by atoms with Gasteiger partial charge in [0.05, 0.1) is 16.8 Å². The SMILES string of the molecule is O=P1(c2ccccc2)c2ccccc2C2(c3ccccc3Sc3cc(N4c5ccccc5Sc5ccccc54)ccc32)c2cc3c(cc21)oc1ccccc13. The molecular formula is C49H30NO2PS2. The lowest BCUT2D eigenvalue weighted by Gasteiger charge is -2.48. The molecule has 2 unspecified atom stereocenters. The fraction of sp³-hybridized carbons (Fsp3) is 0.0204. The zero-order valence-electron chi connectivity index (χ0n) is 29.3. The van der Waals surface area contributed by atoms with Crippen molar-refractivity contribution < 1.29 is 8.98 Å². The molecule has 0 fully saturated rings. The Labute approximate surface area is 327 Å². The largest absolute Gasteiger partial charge is 0.456 e. The first-order valence-electron chi connectivity index (χ1n) is 18.4. The van der Waals surface area contributed by atoms with Crippen molar-refractivity contribution >= 4 is 85.6 Å². The van der Waals surface area contributed by atoms with Crippen LogP contribution in [0.5, 0.6) is 0 Å². The van der Waals surface area contributed by atoms with Crippen LogP contribution in [-0.2, 0) is 9.98 Å². The smallest absolute Gasteiger partial charge is 0.171 e. The lowest BCUT2D eigenvalue weighted by molar-refractivity contribution is 0.589. The van der Waals surface area contributed by atoms with Crippen LogP contribution in [-0.4, -0.2) is 0 Å². The Kier molecular flexibility index (Phi) is 6.70. The van der Waals surface area contributed by atoms with E-state index in [9.17, 15) is 0 Å². The Morgan fingerprint density at radius 2 is 1.07 bits per heavy atom. The van der Waals surface area contributed by atoms with Crippen LogP contribution < -0.4 is 20.8 Å². The third-order valence-corrected chi connectivity index (χ3v) is 17.0. The number of benzene rings is 8. The van der Waals surface area contributed by atoms with Crippen LogP contribution in [0.1, 0.15) is 22.3 Å². The lowest BCUT2D eigenvalue weighted by atomic mass is 9.64. The van der Waals surface area contributed by atoms with Crippen molar-refractivity contribution in [1.82, 2.24) is 0 Å². The highest BCUT2D eigenvalue weighted by molar-refractivity contribution is 8.00. The maximum atomic E-state index is 16.4. The molecule has 9 aromatic rings. The highest BCUT2D eigenvalue weighted by Gasteiger charge is 2.54. The molecule has 0 radical (unpaired) electrons. The zero-order valence-corrected chi connectivity index (χ0v) is 31.9. The molecule has 0 saturated carbocycles. The van der Waals surface area contributed by atoms with Crippen molar-refractivity contribution in [2.45, 2.75) is 25.0 Å². The second kappa shape index (κ2) is 11.6. The average Bonchev–Trinajstić information content (AvgIpc) is 3.61. The van der Waals surface area contributed by atoms with Crippen molar-refractivity contribution in [1.29, 1.82) is 0 Å². The summed E-state index contributed by atoms with van der Waals surface area (Å²) in [6.45, 7) is 0. The summed E-state index contributed by atoms with van der Waals surface area (Å²) in [5.41, 5.74) is 8.77. The van der Waals surface area contributed by atoms with Crippen molar-refractivity contribution in [2.24, 2.45) is 0 Å². The Morgan fingerprint density at radius 1 is 0.455 bits per heavy atom. The van der Waals surface area contributed by atoms with Gasteiger partial charge in [-0.3, -0.25) is 0 Å². The first-order valence-corrected chi connectivity index (χ1v) is 21.8. The van der Waals surface area contributed by atoms with Gasteiger partial charge in [0.25, 0.3) is 0 Å². The molecule has 0 saturated heterocycles. The molecule has 3 aliphatic rings. The van der Waals surface area contributed by atoms with Crippen molar-refractivity contribution in [2.75, 3.05) is 4.90 Å². The number of fused-ring (bicyclic) bond motifs is 13. The normalized spacial score (nSPS) is 18.9. The molecule has 55 heavy (non-hydrogen) atoms. The monoisotopic (exact) mass is 759 g/mol. The lowest BCUT2D eigenvalue weighted by Crippen LogP contribution is -2.48. The fourth-order valence-corrected chi connectivity index (χ4v) is 14.8. The van der Waals surface area contributed by atoms with Gasteiger partial charge < -0.3 is 13.9 Å². The zero-order chi connectivity index (χ0) is 36.3. The Hall–Kier alpha value is -5.71. The molecule has 3 aliphatic heterocycles. The van der Waals surface area contributed by atoms with Crippen LogP contribution in [0.3, 0.4) is 0 Å². The predicted molar refractivity (Wildman–Crippen MR) is 228 cm³/mol. The molecular weight excluding hydrogens is 730 g/mol. The minimum absolute atomic E-state index is 0.750. The van der Waals surface area contributed by atoms with E-state index < -0.39 is 12.6 Å². The van der Waals surface area contributed by atoms with E-state index in [1.165, 1.54) is 42.1 Å². The number of hydrogen-bond acceptors (Lipinski definition) is 5. The van der Waals surface area contributed by atoms with E-state index in [2.05, 4.69) is 138 Å². The van der Waals surface area contributed by atoms with Crippen molar-refractivity contribution in [3.8, 4) is 0 Å². The van der Waals surface area contributed by atoms with Crippen molar-refractivity contribution in [3.63, 3.8) is 0 Å².